The van der Waals surface area contributed by atoms with Gasteiger partial charge in [0.2, 0.25) is 0 Å². The van der Waals surface area contributed by atoms with Gasteiger partial charge in [-0.3, -0.25) is 0 Å². The molecular formula is C35H33BN2. The van der Waals surface area contributed by atoms with E-state index in [-0.39, 0.29) is 0 Å². The van der Waals surface area contributed by atoms with Gasteiger partial charge in [-0.2, -0.15) is 21.9 Å². The third kappa shape index (κ3) is 5.38. The summed E-state index contributed by atoms with van der Waals surface area (Å²) >= 11 is 0. The zero-order valence-electron chi connectivity index (χ0n) is 21.8. The summed E-state index contributed by atoms with van der Waals surface area (Å²) in [6.07, 6.45) is 2.80. The van der Waals surface area contributed by atoms with Crippen molar-refractivity contribution in [2.45, 2.75) is 13.5 Å². The Kier molecular flexibility index (Phi) is 7.96. The Morgan fingerprint density at radius 1 is 0.500 bits per heavy atom. The molecule has 0 aliphatic rings. The van der Waals surface area contributed by atoms with E-state index < -0.39 is 6.15 Å². The van der Waals surface area contributed by atoms with Crippen molar-refractivity contribution >= 4 is 28.0 Å². The lowest BCUT2D eigenvalue weighted by Crippen LogP contribution is -2.74. The zero-order valence-corrected chi connectivity index (χ0v) is 21.8. The number of hydrogen-bond acceptors (Lipinski definition) is 0. The Bertz CT molecular complexity index is 1350. The minimum atomic E-state index is -1.22. The Morgan fingerprint density at radius 3 is 1.16 bits per heavy atom. The van der Waals surface area contributed by atoms with Gasteiger partial charge in [-0.25, -0.2) is 9.55 Å². The van der Waals surface area contributed by atoms with E-state index in [1.54, 1.807) is 0 Å². The number of hydrogen-bond donors (Lipinski definition) is 1. The van der Waals surface area contributed by atoms with Crippen LogP contribution < -0.4 is 26.4 Å². The smallest absolute Gasteiger partial charge is 0.248 e. The maximum absolute atomic E-state index is 3.15. The van der Waals surface area contributed by atoms with Crippen LogP contribution in [0.2, 0.25) is 0 Å². The molecular weight excluding hydrogens is 459 g/mol. The van der Waals surface area contributed by atoms with Crippen LogP contribution >= 0.6 is 0 Å². The number of H-pyrrole nitrogens is 1. The highest BCUT2D eigenvalue weighted by molar-refractivity contribution is 7.19. The number of aromatic nitrogens is 2. The second-order valence-corrected chi connectivity index (χ2v) is 9.67. The Labute approximate surface area is 226 Å². The third-order valence-corrected chi connectivity index (χ3v) is 7.37. The predicted octanol–water partition coefficient (Wildman–Crippen LogP) is 4.72. The van der Waals surface area contributed by atoms with Crippen molar-refractivity contribution in [3.63, 3.8) is 0 Å². The summed E-state index contributed by atoms with van der Waals surface area (Å²) in [5.74, 6) is 1.18. The molecule has 0 unspecified atom stereocenters. The van der Waals surface area contributed by atoms with Crippen LogP contribution in [-0.4, -0.2) is 11.1 Å². The van der Waals surface area contributed by atoms with Gasteiger partial charge in [0.15, 0.2) is 0 Å². The topological polar surface area (TPSA) is 19.7 Å². The fraction of sp³-hybridized carbons (Fsp3) is 0.0571. The number of benzene rings is 5. The van der Waals surface area contributed by atoms with E-state index >= 15 is 0 Å². The number of aryl methyl sites for hydroxylation is 1. The molecule has 0 atom stereocenters. The van der Waals surface area contributed by atoms with Crippen molar-refractivity contribution in [2.24, 2.45) is 0 Å². The molecule has 6 rings (SSSR count). The van der Waals surface area contributed by atoms with E-state index in [0.29, 0.717) is 0 Å². The molecule has 0 saturated carbocycles. The minimum absolute atomic E-state index is 0.941. The molecule has 6 aromatic rings. The molecule has 2 nitrogen and oxygen atoms in total. The van der Waals surface area contributed by atoms with Crippen LogP contribution in [0.25, 0.3) is 0 Å². The van der Waals surface area contributed by atoms with Gasteiger partial charge >= 0.3 is 0 Å². The van der Waals surface area contributed by atoms with Gasteiger partial charge in [0.1, 0.15) is 25.1 Å². The normalized spacial score (nSPS) is 10.9. The summed E-state index contributed by atoms with van der Waals surface area (Å²) in [6.45, 7) is 3.01. The van der Waals surface area contributed by atoms with Crippen LogP contribution in [0.5, 0.6) is 0 Å². The number of rotatable bonds is 6. The summed E-state index contributed by atoms with van der Waals surface area (Å²) in [5, 5.41) is 0. The Hall–Kier alpha value is -4.63. The van der Waals surface area contributed by atoms with E-state index in [4.69, 9.17) is 0 Å². The number of aromatic amines is 1. The maximum atomic E-state index is 3.15. The van der Waals surface area contributed by atoms with Gasteiger partial charge in [-0.15, -0.1) is 0 Å². The van der Waals surface area contributed by atoms with Gasteiger partial charge in [0.25, 0.3) is 5.82 Å². The van der Waals surface area contributed by atoms with Crippen molar-refractivity contribution in [1.29, 1.82) is 0 Å². The lowest BCUT2D eigenvalue weighted by atomic mass is 9.13. The highest BCUT2D eigenvalue weighted by atomic mass is 15.0. The third-order valence-electron chi connectivity index (χ3n) is 7.37. The molecule has 0 aliphatic heterocycles. The molecule has 1 heterocycles. The number of imidazole rings is 1. The van der Waals surface area contributed by atoms with Crippen LogP contribution in [-0.2, 0) is 6.54 Å². The van der Waals surface area contributed by atoms with E-state index in [0.717, 1.165) is 6.54 Å². The summed E-state index contributed by atoms with van der Waals surface area (Å²) in [4.78, 5) is 3.15. The molecule has 1 aromatic heterocycles. The monoisotopic (exact) mass is 492 g/mol. The summed E-state index contributed by atoms with van der Waals surface area (Å²) in [5.41, 5.74) is 6.68. The first-order valence-corrected chi connectivity index (χ1v) is 13.2. The first-order valence-electron chi connectivity index (χ1n) is 13.2. The van der Waals surface area contributed by atoms with E-state index in [1.807, 2.05) is 12.3 Å². The number of nitrogens with one attached hydrogen (secondary N) is 1. The predicted molar refractivity (Wildman–Crippen MR) is 161 cm³/mol. The van der Waals surface area contributed by atoms with E-state index in [9.17, 15) is 0 Å². The van der Waals surface area contributed by atoms with Crippen molar-refractivity contribution in [2.75, 3.05) is 0 Å². The molecule has 0 aliphatic carbocycles. The molecule has 0 amide bonds. The first kappa shape index (κ1) is 25.0. The van der Waals surface area contributed by atoms with Crippen molar-refractivity contribution in [1.82, 2.24) is 4.98 Å². The van der Waals surface area contributed by atoms with E-state index in [1.165, 1.54) is 33.2 Å². The Morgan fingerprint density at radius 2 is 0.842 bits per heavy atom. The van der Waals surface area contributed by atoms with Crippen molar-refractivity contribution < 1.29 is 4.57 Å². The van der Waals surface area contributed by atoms with Gasteiger partial charge in [0, 0.05) is 6.92 Å². The maximum Gasteiger partial charge on any atom is 0.251 e. The molecule has 38 heavy (non-hydrogen) atoms. The second-order valence-electron chi connectivity index (χ2n) is 9.67. The highest BCUT2D eigenvalue weighted by Crippen LogP contribution is 2.09. The average molecular weight is 492 g/mol. The first-order chi connectivity index (χ1) is 18.8. The molecule has 0 fully saturated rings. The molecule has 0 radical (unpaired) electrons. The van der Waals surface area contributed by atoms with Gasteiger partial charge in [-0.1, -0.05) is 152 Å². The molecule has 1 N–H and O–H groups in total. The van der Waals surface area contributed by atoms with Crippen LogP contribution in [0.3, 0.4) is 0 Å². The largest absolute Gasteiger partial charge is 0.251 e. The van der Waals surface area contributed by atoms with Crippen LogP contribution in [0, 0.1) is 6.92 Å². The number of nitrogens with zero attached hydrogens (tertiary/aromatic N) is 1. The molecule has 5 aromatic carbocycles. The standard InChI is InChI=1S/C24H20B.C11H12N2/c1-5-13-21(14-6-1)25(22-15-7-2-8-16-22,23-17-9-3-10-18-23)24-19-11-4-12-20-24;1-10-12-7-8-13(10)9-11-5-3-2-4-6-11/h1-20H;2-8H,9H2,1H3/q-1;/p+1. The molecule has 0 bridgehead atoms. The molecule has 0 spiro atoms. The fourth-order valence-electron chi connectivity index (χ4n) is 5.52. The molecule has 186 valence electrons. The van der Waals surface area contributed by atoms with Gasteiger partial charge in [-0.05, 0) is 5.56 Å². The van der Waals surface area contributed by atoms with Crippen LogP contribution in [0.15, 0.2) is 164 Å². The quantitative estimate of drug-likeness (QED) is 0.257. The van der Waals surface area contributed by atoms with Crippen molar-refractivity contribution in [3.05, 3.63) is 175 Å². The molecule has 3 heteroatoms. The zero-order chi connectivity index (χ0) is 26.0. The highest BCUT2D eigenvalue weighted by Gasteiger charge is 2.31. The van der Waals surface area contributed by atoms with Crippen LogP contribution in [0.1, 0.15) is 11.4 Å². The fourth-order valence-corrected chi connectivity index (χ4v) is 5.52. The minimum Gasteiger partial charge on any atom is -0.248 e. The summed E-state index contributed by atoms with van der Waals surface area (Å²) in [6, 6.07) is 54.0. The summed E-state index contributed by atoms with van der Waals surface area (Å²) in [7, 11) is 0. The SMILES string of the molecule is Cc1[nH]cc[n+]1Cc1ccccc1.c1ccc([B-](c2ccccc2)(c2ccccc2)c2ccccc2)cc1. The average Bonchev–Trinajstić information content (AvgIpc) is 3.40. The van der Waals surface area contributed by atoms with Crippen LogP contribution in [0.4, 0.5) is 0 Å². The Balaban J connectivity index is 0.000000190. The van der Waals surface area contributed by atoms with Gasteiger partial charge < -0.3 is 0 Å². The van der Waals surface area contributed by atoms with E-state index in [2.05, 4.69) is 168 Å². The lowest BCUT2D eigenvalue weighted by Gasteiger charge is -2.44. The lowest BCUT2D eigenvalue weighted by molar-refractivity contribution is -0.693. The second kappa shape index (κ2) is 12.1. The van der Waals surface area contributed by atoms with Gasteiger partial charge in [0.05, 0.1) is 0 Å². The molecule has 0 saturated heterocycles. The van der Waals surface area contributed by atoms with Crippen molar-refractivity contribution in [3.8, 4) is 0 Å². The summed E-state index contributed by atoms with van der Waals surface area (Å²) < 4.78 is 2.19.